The molecule has 0 saturated carbocycles. The van der Waals surface area contributed by atoms with Gasteiger partial charge in [0.05, 0.1) is 0 Å². The number of nitrogens with zero attached hydrogens (tertiary/aromatic N) is 1. The van der Waals surface area contributed by atoms with Crippen LogP contribution in [0.3, 0.4) is 0 Å². The predicted octanol–water partition coefficient (Wildman–Crippen LogP) is 2.25. The molecule has 1 aliphatic heterocycles. The van der Waals surface area contributed by atoms with E-state index in [-0.39, 0.29) is 0 Å². The molecule has 0 aliphatic carbocycles. The van der Waals surface area contributed by atoms with Crippen LogP contribution in [0.2, 0.25) is 0 Å². The van der Waals surface area contributed by atoms with Crippen molar-refractivity contribution in [2.45, 2.75) is 26.8 Å². The van der Waals surface area contributed by atoms with Gasteiger partial charge in [-0.25, -0.2) is 0 Å². The molecular weight excluding hydrogens is 204 g/mol. The Labute approximate surface area is 96.8 Å². The van der Waals surface area contributed by atoms with E-state index < -0.39 is 4.92 Å². The van der Waals surface area contributed by atoms with Gasteiger partial charge in [0.2, 0.25) is 0 Å². The highest BCUT2D eigenvalue weighted by molar-refractivity contribution is 5.28. The zero-order valence-corrected chi connectivity index (χ0v) is 10.2. The number of hydrogen-bond acceptors (Lipinski definition) is 3. The molecular formula is C12H20N2O2. The standard InChI is InChI=1S/C9H11N.C2H6.CH3NO2/c1-2-4-9-7-10-6-5-8(9)3-1;1-2;1-2(3)4/h1-4,10H,5-7H2;1-2H3;1H3. The summed E-state index contributed by atoms with van der Waals surface area (Å²) in [6.07, 6.45) is 1.19. The number of rotatable bonds is 0. The molecule has 4 nitrogen and oxygen atoms in total. The third-order valence-corrected chi connectivity index (χ3v) is 2.00. The van der Waals surface area contributed by atoms with E-state index in [1.807, 2.05) is 13.8 Å². The fourth-order valence-corrected chi connectivity index (χ4v) is 1.42. The van der Waals surface area contributed by atoms with E-state index in [2.05, 4.69) is 29.6 Å². The first-order valence-electron chi connectivity index (χ1n) is 5.55. The topological polar surface area (TPSA) is 55.2 Å². The minimum Gasteiger partial charge on any atom is -0.312 e. The summed E-state index contributed by atoms with van der Waals surface area (Å²) in [6, 6.07) is 8.63. The first-order chi connectivity index (χ1) is 7.70. The molecule has 0 fully saturated rings. The van der Waals surface area contributed by atoms with Crippen LogP contribution >= 0.6 is 0 Å². The molecule has 0 bridgehead atoms. The molecule has 1 heterocycles. The molecule has 0 saturated heterocycles. The maximum atomic E-state index is 8.81. The van der Waals surface area contributed by atoms with Crippen molar-refractivity contribution < 1.29 is 4.92 Å². The molecule has 1 aromatic rings. The zero-order chi connectivity index (χ0) is 12.4. The molecule has 0 radical (unpaired) electrons. The Morgan fingerprint density at radius 1 is 1.25 bits per heavy atom. The van der Waals surface area contributed by atoms with Crippen LogP contribution in [0.15, 0.2) is 24.3 Å². The minimum atomic E-state index is -0.500. The van der Waals surface area contributed by atoms with Gasteiger partial charge in [-0.2, -0.15) is 0 Å². The fraction of sp³-hybridized carbons (Fsp3) is 0.500. The molecule has 0 amide bonds. The van der Waals surface area contributed by atoms with Crippen LogP contribution in [0.1, 0.15) is 25.0 Å². The Morgan fingerprint density at radius 2 is 1.75 bits per heavy atom. The summed E-state index contributed by atoms with van der Waals surface area (Å²) in [5, 5.41) is 12.1. The molecule has 16 heavy (non-hydrogen) atoms. The first-order valence-corrected chi connectivity index (χ1v) is 5.55. The van der Waals surface area contributed by atoms with E-state index in [0.29, 0.717) is 0 Å². The monoisotopic (exact) mass is 224 g/mol. The molecule has 0 atom stereocenters. The van der Waals surface area contributed by atoms with Crippen molar-refractivity contribution >= 4 is 0 Å². The first kappa shape index (κ1) is 14.6. The summed E-state index contributed by atoms with van der Waals surface area (Å²) < 4.78 is 0. The van der Waals surface area contributed by atoms with Crippen LogP contribution in [0.4, 0.5) is 0 Å². The van der Waals surface area contributed by atoms with E-state index in [1.165, 1.54) is 17.5 Å². The molecule has 1 aromatic carbocycles. The highest BCUT2D eigenvalue weighted by Crippen LogP contribution is 2.11. The number of fused-ring (bicyclic) bond motifs is 1. The van der Waals surface area contributed by atoms with Crippen LogP contribution in [-0.2, 0) is 13.0 Å². The van der Waals surface area contributed by atoms with E-state index in [9.17, 15) is 0 Å². The number of benzene rings is 1. The van der Waals surface area contributed by atoms with Gasteiger partial charge >= 0.3 is 0 Å². The van der Waals surface area contributed by atoms with Crippen molar-refractivity contribution in [3.63, 3.8) is 0 Å². The maximum absolute atomic E-state index is 8.81. The molecule has 0 spiro atoms. The lowest BCUT2D eigenvalue weighted by Gasteiger charge is -2.15. The SMILES string of the molecule is CC.C[N+](=O)[O-].c1ccc2c(c1)CCNC2. The molecule has 1 aliphatic rings. The summed E-state index contributed by atoms with van der Waals surface area (Å²) in [4.78, 5) is 8.31. The van der Waals surface area contributed by atoms with Gasteiger partial charge in [-0.15, -0.1) is 0 Å². The molecule has 0 aromatic heterocycles. The van der Waals surface area contributed by atoms with Gasteiger partial charge in [0, 0.05) is 11.5 Å². The van der Waals surface area contributed by atoms with E-state index in [0.717, 1.165) is 20.1 Å². The van der Waals surface area contributed by atoms with Crippen molar-refractivity contribution in [3.8, 4) is 0 Å². The summed E-state index contributed by atoms with van der Waals surface area (Å²) >= 11 is 0. The Bertz CT molecular complexity index is 285. The van der Waals surface area contributed by atoms with Gasteiger partial charge < -0.3 is 5.32 Å². The second-order valence-corrected chi connectivity index (χ2v) is 3.14. The molecule has 2 rings (SSSR count). The smallest absolute Gasteiger partial charge is 0.194 e. The number of hydrogen-bond donors (Lipinski definition) is 1. The second-order valence-electron chi connectivity index (χ2n) is 3.14. The lowest BCUT2D eigenvalue weighted by Crippen LogP contribution is -2.23. The normalized spacial score (nSPS) is 12.2. The summed E-state index contributed by atoms with van der Waals surface area (Å²) in [6.45, 7) is 6.19. The van der Waals surface area contributed by atoms with Gasteiger partial charge in [0.25, 0.3) is 0 Å². The van der Waals surface area contributed by atoms with Crippen LogP contribution < -0.4 is 5.32 Å². The van der Waals surface area contributed by atoms with Crippen LogP contribution in [0.5, 0.6) is 0 Å². The predicted molar refractivity (Wildman–Crippen MR) is 66.1 cm³/mol. The van der Waals surface area contributed by atoms with Crippen molar-refractivity contribution in [2.24, 2.45) is 0 Å². The van der Waals surface area contributed by atoms with E-state index >= 15 is 0 Å². The Balaban J connectivity index is 0.000000323. The van der Waals surface area contributed by atoms with Crippen LogP contribution in [-0.4, -0.2) is 18.5 Å². The number of nitrogens with one attached hydrogen (secondary N) is 1. The molecule has 4 heteroatoms. The third kappa shape index (κ3) is 6.14. The fourth-order valence-electron chi connectivity index (χ4n) is 1.42. The Morgan fingerprint density at radius 3 is 2.25 bits per heavy atom. The second kappa shape index (κ2) is 8.85. The maximum Gasteiger partial charge on any atom is 0.194 e. The van der Waals surface area contributed by atoms with Gasteiger partial charge in [-0.1, -0.05) is 38.1 Å². The van der Waals surface area contributed by atoms with Crippen molar-refractivity contribution in [1.82, 2.24) is 5.32 Å². The van der Waals surface area contributed by atoms with Crippen LogP contribution in [0.25, 0.3) is 0 Å². The number of nitro groups is 1. The third-order valence-electron chi connectivity index (χ3n) is 2.00. The Hall–Kier alpha value is -1.42. The van der Waals surface area contributed by atoms with Crippen molar-refractivity contribution in [1.29, 1.82) is 0 Å². The highest BCUT2D eigenvalue weighted by atomic mass is 16.6. The summed E-state index contributed by atoms with van der Waals surface area (Å²) in [5.74, 6) is 0. The van der Waals surface area contributed by atoms with Gasteiger partial charge in [-0.3, -0.25) is 10.1 Å². The quantitative estimate of drug-likeness (QED) is 0.543. The largest absolute Gasteiger partial charge is 0.312 e. The van der Waals surface area contributed by atoms with Crippen LogP contribution in [0, 0.1) is 10.1 Å². The van der Waals surface area contributed by atoms with Gasteiger partial charge in [0.1, 0.15) is 0 Å². The van der Waals surface area contributed by atoms with E-state index in [1.54, 1.807) is 0 Å². The molecule has 0 unspecified atom stereocenters. The zero-order valence-electron chi connectivity index (χ0n) is 10.2. The summed E-state index contributed by atoms with van der Waals surface area (Å²) in [5.41, 5.74) is 2.98. The van der Waals surface area contributed by atoms with Crippen molar-refractivity contribution in [2.75, 3.05) is 13.6 Å². The van der Waals surface area contributed by atoms with Gasteiger partial charge in [-0.05, 0) is 24.1 Å². The van der Waals surface area contributed by atoms with E-state index in [4.69, 9.17) is 10.1 Å². The summed E-state index contributed by atoms with van der Waals surface area (Å²) in [7, 11) is 0.889. The average molecular weight is 224 g/mol. The lowest BCUT2D eigenvalue weighted by atomic mass is 10.0. The highest BCUT2D eigenvalue weighted by Gasteiger charge is 2.05. The minimum absolute atomic E-state index is 0.500. The molecule has 1 N–H and O–H groups in total. The average Bonchev–Trinajstić information content (AvgIpc) is 2.31. The van der Waals surface area contributed by atoms with Crippen molar-refractivity contribution in [3.05, 3.63) is 45.5 Å². The lowest BCUT2D eigenvalue weighted by molar-refractivity contribution is -0.445. The molecule has 90 valence electrons. The van der Waals surface area contributed by atoms with Gasteiger partial charge in [0.15, 0.2) is 7.05 Å². The Kier molecular flexibility index (Phi) is 8.07.